The van der Waals surface area contributed by atoms with Gasteiger partial charge in [-0.15, -0.1) is 0 Å². The molecule has 3 nitrogen and oxygen atoms in total. The van der Waals surface area contributed by atoms with E-state index < -0.39 is 0 Å². The Hall–Kier alpha value is -0.120. The van der Waals surface area contributed by atoms with E-state index in [0.717, 1.165) is 12.6 Å². The number of nitrogens with zero attached hydrogens (tertiary/aromatic N) is 1. The maximum absolute atomic E-state index is 6.01. The molecule has 0 aromatic carbocycles. The van der Waals surface area contributed by atoms with Crippen LogP contribution in [0.3, 0.4) is 0 Å². The monoisotopic (exact) mass is 266 g/mol. The standard InChI is InChI=1S/C16H30N2O/c1-2-17-15-7-5-3-4-6-8-16(15)18-11-13-9-10-14(12-18)19-13/h13-17H,2-12H2,1H3. The normalized spacial score (nSPS) is 40.9. The summed E-state index contributed by atoms with van der Waals surface area (Å²) in [5, 5.41) is 3.77. The summed E-state index contributed by atoms with van der Waals surface area (Å²) in [5.74, 6) is 0. The minimum Gasteiger partial charge on any atom is -0.372 e. The molecule has 3 aliphatic rings. The number of likely N-dealkylation sites (N-methyl/N-ethyl adjacent to an activating group) is 1. The number of nitrogens with one attached hydrogen (secondary N) is 1. The van der Waals surface area contributed by atoms with Crippen LogP contribution < -0.4 is 5.32 Å². The first-order chi connectivity index (χ1) is 9.36. The molecule has 110 valence electrons. The average Bonchev–Trinajstić information content (AvgIpc) is 2.72. The molecular formula is C16H30N2O. The lowest BCUT2D eigenvalue weighted by atomic mass is 9.90. The summed E-state index contributed by atoms with van der Waals surface area (Å²) in [5.41, 5.74) is 0. The molecule has 2 bridgehead atoms. The maximum atomic E-state index is 6.01. The summed E-state index contributed by atoms with van der Waals surface area (Å²) in [7, 11) is 0. The van der Waals surface area contributed by atoms with Crippen LogP contribution in [-0.4, -0.2) is 48.8 Å². The Morgan fingerprint density at radius 3 is 2.32 bits per heavy atom. The highest BCUT2D eigenvalue weighted by atomic mass is 16.5. The summed E-state index contributed by atoms with van der Waals surface area (Å²) in [6.45, 7) is 5.73. The van der Waals surface area contributed by atoms with Crippen molar-refractivity contribution in [1.29, 1.82) is 0 Å². The predicted octanol–water partition coefficient (Wildman–Crippen LogP) is 2.55. The molecule has 1 aliphatic carbocycles. The SMILES string of the molecule is CCNC1CCCCCCC1N1CC2CCC(C1)O2. The van der Waals surface area contributed by atoms with E-state index in [9.17, 15) is 0 Å². The van der Waals surface area contributed by atoms with Gasteiger partial charge in [-0.2, -0.15) is 0 Å². The van der Waals surface area contributed by atoms with Crippen molar-refractivity contribution >= 4 is 0 Å². The maximum Gasteiger partial charge on any atom is 0.0707 e. The van der Waals surface area contributed by atoms with Crippen LogP contribution in [0.2, 0.25) is 0 Å². The zero-order valence-corrected chi connectivity index (χ0v) is 12.4. The summed E-state index contributed by atoms with van der Waals surface area (Å²) in [6, 6.07) is 1.47. The van der Waals surface area contributed by atoms with Crippen LogP contribution in [0.25, 0.3) is 0 Å². The Balaban J connectivity index is 1.66. The van der Waals surface area contributed by atoms with Crippen LogP contribution in [0.4, 0.5) is 0 Å². The quantitative estimate of drug-likeness (QED) is 0.849. The second-order valence-electron chi connectivity index (χ2n) is 6.63. The minimum atomic E-state index is 0.534. The smallest absolute Gasteiger partial charge is 0.0707 e. The molecule has 2 heterocycles. The number of likely N-dealkylation sites (tertiary alicyclic amines) is 1. The van der Waals surface area contributed by atoms with Gasteiger partial charge in [0.05, 0.1) is 12.2 Å². The average molecular weight is 266 g/mol. The van der Waals surface area contributed by atoms with Gasteiger partial charge in [0, 0.05) is 25.2 Å². The van der Waals surface area contributed by atoms with Crippen LogP contribution in [0.5, 0.6) is 0 Å². The van der Waals surface area contributed by atoms with Crippen molar-refractivity contribution in [3.63, 3.8) is 0 Å². The van der Waals surface area contributed by atoms with Crippen molar-refractivity contribution in [1.82, 2.24) is 10.2 Å². The van der Waals surface area contributed by atoms with E-state index in [1.54, 1.807) is 0 Å². The Labute approximate surface area is 118 Å². The summed E-state index contributed by atoms with van der Waals surface area (Å²) >= 11 is 0. The Morgan fingerprint density at radius 2 is 1.63 bits per heavy atom. The van der Waals surface area contributed by atoms with E-state index in [0.29, 0.717) is 18.2 Å². The first kappa shape index (κ1) is 13.8. The van der Waals surface area contributed by atoms with Crippen LogP contribution in [0.1, 0.15) is 58.3 Å². The lowest BCUT2D eigenvalue weighted by Gasteiger charge is -2.42. The van der Waals surface area contributed by atoms with Gasteiger partial charge >= 0.3 is 0 Å². The molecule has 0 aromatic heterocycles. The van der Waals surface area contributed by atoms with Gasteiger partial charge in [0.15, 0.2) is 0 Å². The first-order valence-electron chi connectivity index (χ1n) is 8.49. The van der Waals surface area contributed by atoms with E-state index in [4.69, 9.17) is 4.74 Å². The van der Waals surface area contributed by atoms with Crippen molar-refractivity contribution in [2.24, 2.45) is 0 Å². The molecule has 3 heteroatoms. The van der Waals surface area contributed by atoms with Crippen LogP contribution in [0.15, 0.2) is 0 Å². The lowest BCUT2D eigenvalue weighted by molar-refractivity contribution is -0.0601. The van der Waals surface area contributed by atoms with E-state index in [2.05, 4.69) is 17.1 Å². The lowest BCUT2D eigenvalue weighted by Crippen LogP contribution is -2.55. The van der Waals surface area contributed by atoms with Gasteiger partial charge in [0.1, 0.15) is 0 Å². The van der Waals surface area contributed by atoms with Crippen molar-refractivity contribution in [2.45, 2.75) is 82.6 Å². The van der Waals surface area contributed by atoms with Crippen LogP contribution in [0, 0.1) is 0 Å². The van der Waals surface area contributed by atoms with E-state index >= 15 is 0 Å². The topological polar surface area (TPSA) is 24.5 Å². The fourth-order valence-corrected chi connectivity index (χ4v) is 4.32. The zero-order chi connectivity index (χ0) is 13.1. The number of hydrogen-bond donors (Lipinski definition) is 1. The summed E-state index contributed by atoms with van der Waals surface area (Å²) in [6.07, 6.45) is 12.1. The number of ether oxygens (including phenoxy) is 1. The van der Waals surface area contributed by atoms with E-state index in [-0.39, 0.29) is 0 Å². The second-order valence-corrected chi connectivity index (χ2v) is 6.63. The molecule has 1 N–H and O–H groups in total. The van der Waals surface area contributed by atoms with E-state index in [1.165, 1.54) is 64.5 Å². The molecule has 2 saturated heterocycles. The van der Waals surface area contributed by atoms with Gasteiger partial charge in [-0.3, -0.25) is 4.90 Å². The van der Waals surface area contributed by atoms with Gasteiger partial charge in [-0.25, -0.2) is 0 Å². The molecule has 1 saturated carbocycles. The molecule has 4 atom stereocenters. The Bertz CT molecular complexity index is 272. The molecule has 0 aromatic rings. The van der Waals surface area contributed by atoms with Gasteiger partial charge < -0.3 is 10.1 Å². The largest absolute Gasteiger partial charge is 0.372 e. The van der Waals surface area contributed by atoms with Crippen LogP contribution >= 0.6 is 0 Å². The summed E-state index contributed by atoms with van der Waals surface area (Å²) < 4.78 is 6.01. The molecule has 2 aliphatic heterocycles. The van der Waals surface area contributed by atoms with Crippen molar-refractivity contribution in [3.8, 4) is 0 Å². The molecular weight excluding hydrogens is 236 g/mol. The second kappa shape index (κ2) is 6.55. The van der Waals surface area contributed by atoms with Gasteiger partial charge in [-0.1, -0.05) is 32.6 Å². The molecule has 0 radical (unpaired) electrons. The predicted molar refractivity (Wildman–Crippen MR) is 78.4 cm³/mol. The fraction of sp³-hybridized carbons (Fsp3) is 1.00. The minimum absolute atomic E-state index is 0.534. The zero-order valence-electron chi connectivity index (χ0n) is 12.4. The molecule has 19 heavy (non-hydrogen) atoms. The third kappa shape index (κ3) is 3.32. The molecule has 3 fully saturated rings. The van der Waals surface area contributed by atoms with Crippen molar-refractivity contribution < 1.29 is 4.74 Å². The number of fused-ring (bicyclic) bond motifs is 2. The van der Waals surface area contributed by atoms with Gasteiger partial charge in [-0.05, 0) is 32.2 Å². The highest BCUT2D eigenvalue weighted by Crippen LogP contribution is 2.31. The molecule has 4 unspecified atom stereocenters. The summed E-state index contributed by atoms with van der Waals surface area (Å²) in [4.78, 5) is 2.77. The Kier molecular flexibility index (Phi) is 4.78. The third-order valence-electron chi connectivity index (χ3n) is 5.24. The number of hydrogen-bond acceptors (Lipinski definition) is 3. The number of rotatable bonds is 3. The first-order valence-corrected chi connectivity index (χ1v) is 8.49. The Morgan fingerprint density at radius 1 is 0.947 bits per heavy atom. The molecule has 0 amide bonds. The fourth-order valence-electron chi connectivity index (χ4n) is 4.32. The highest BCUT2D eigenvalue weighted by Gasteiger charge is 2.38. The van der Waals surface area contributed by atoms with Gasteiger partial charge in [0.2, 0.25) is 0 Å². The van der Waals surface area contributed by atoms with Gasteiger partial charge in [0.25, 0.3) is 0 Å². The van der Waals surface area contributed by atoms with E-state index in [1.807, 2.05) is 0 Å². The van der Waals surface area contributed by atoms with Crippen molar-refractivity contribution in [2.75, 3.05) is 19.6 Å². The molecule has 0 spiro atoms. The number of morpholine rings is 1. The highest BCUT2D eigenvalue weighted by molar-refractivity contribution is 4.93. The third-order valence-corrected chi connectivity index (χ3v) is 5.24. The van der Waals surface area contributed by atoms with Crippen molar-refractivity contribution in [3.05, 3.63) is 0 Å². The van der Waals surface area contributed by atoms with Crippen LogP contribution in [-0.2, 0) is 4.74 Å². The molecule has 3 rings (SSSR count).